The normalized spacial score (nSPS) is 18.3. The van der Waals surface area contributed by atoms with E-state index < -0.39 is 5.25 Å². The van der Waals surface area contributed by atoms with Gasteiger partial charge in [0.05, 0.1) is 6.04 Å². The highest BCUT2D eigenvalue weighted by atomic mass is 32.2. The van der Waals surface area contributed by atoms with Crippen molar-refractivity contribution < 1.29 is 9.18 Å². The lowest BCUT2D eigenvalue weighted by Gasteiger charge is -2.32. The van der Waals surface area contributed by atoms with Gasteiger partial charge >= 0.3 is 0 Å². The van der Waals surface area contributed by atoms with Crippen LogP contribution in [-0.2, 0) is 4.79 Å². The van der Waals surface area contributed by atoms with Crippen LogP contribution in [0.2, 0.25) is 0 Å². The lowest BCUT2D eigenvalue weighted by atomic mass is 10.0. The van der Waals surface area contributed by atoms with Crippen LogP contribution in [0.25, 0.3) is 0 Å². The second-order valence-electron chi connectivity index (χ2n) is 6.87. The number of aromatic nitrogens is 3. The number of nitrogens with zero attached hydrogens (tertiary/aromatic N) is 3. The van der Waals surface area contributed by atoms with E-state index in [1.54, 1.807) is 16.8 Å². The topological polar surface area (TPSA) is 71.8 Å². The van der Waals surface area contributed by atoms with E-state index in [0.29, 0.717) is 11.0 Å². The molecule has 4 rings (SSSR count). The third-order valence-electron chi connectivity index (χ3n) is 4.73. The first kappa shape index (κ1) is 18.5. The number of carbonyl (C=O) groups is 1. The number of nitrogens with one attached hydrogen (secondary N) is 2. The molecule has 0 radical (unpaired) electrons. The number of hydrogen-bond acceptors (Lipinski definition) is 5. The van der Waals surface area contributed by atoms with Crippen molar-refractivity contribution in [3.05, 3.63) is 70.8 Å². The third kappa shape index (κ3) is 3.47. The molecule has 0 bridgehead atoms. The zero-order valence-electron chi connectivity index (χ0n) is 15.7. The molecule has 0 fully saturated rings. The SMILES string of the molecule is Cc1ccc(NC(=O)C2Sc3nnc(C)n3NC2c2ccc(F)cc2)c(C)c1. The molecule has 28 heavy (non-hydrogen) atoms. The van der Waals surface area contributed by atoms with Crippen molar-refractivity contribution in [2.45, 2.75) is 37.2 Å². The maximum absolute atomic E-state index is 13.4. The lowest BCUT2D eigenvalue weighted by molar-refractivity contribution is -0.116. The quantitative estimate of drug-likeness (QED) is 0.704. The Morgan fingerprint density at radius 2 is 1.89 bits per heavy atom. The predicted molar refractivity (Wildman–Crippen MR) is 107 cm³/mol. The van der Waals surface area contributed by atoms with Crippen LogP contribution in [0.4, 0.5) is 10.1 Å². The molecule has 8 heteroatoms. The maximum atomic E-state index is 13.4. The molecule has 0 saturated heterocycles. The summed E-state index contributed by atoms with van der Waals surface area (Å²) in [5.74, 6) is 0.234. The highest BCUT2D eigenvalue weighted by Gasteiger charge is 2.37. The number of benzene rings is 2. The monoisotopic (exact) mass is 397 g/mol. The Kier molecular flexibility index (Phi) is 4.80. The van der Waals surface area contributed by atoms with E-state index in [9.17, 15) is 9.18 Å². The second kappa shape index (κ2) is 7.27. The van der Waals surface area contributed by atoms with E-state index in [4.69, 9.17) is 0 Å². The van der Waals surface area contributed by atoms with Crippen LogP contribution in [0.3, 0.4) is 0 Å². The molecule has 2 unspecified atom stereocenters. The van der Waals surface area contributed by atoms with Gasteiger partial charge in [-0.1, -0.05) is 41.6 Å². The first-order chi connectivity index (χ1) is 13.4. The summed E-state index contributed by atoms with van der Waals surface area (Å²) in [6, 6.07) is 11.7. The van der Waals surface area contributed by atoms with Gasteiger partial charge in [0.2, 0.25) is 11.1 Å². The molecule has 1 aliphatic rings. The average molecular weight is 397 g/mol. The van der Waals surface area contributed by atoms with Crippen molar-refractivity contribution in [3.63, 3.8) is 0 Å². The maximum Gasteiger partial charge on any atom is 0.240 e. The van der Waals surface area contributed by atoms with Crippen LogP contribution in [-0.4, -0.2) is 26.0 Å². The number of hydrogen-bond donors (Lipinski definition) is 2. The minimum Gasteiger partial charge on any atom is -0.325 e. The van der Waals surface area contributed by atoms with Gasteiger partial charge in [-0.2, -0.15) is 0 Å². The Morgan fingerprint density at radius 3 is 2.61 bits per heavy atom. The average Bonchev–Trinajstić information content (AvgIpc) is 3.04. The third-order valence-corrected chi connectivity index (χ3v) is 5.94. The Bertz CT molecular complexity index is 1030. The molecule has 1 aromatic heterocycles. The molecular weight excluding hydrogens is 377 g/mol. The predicted octanol–water partition coefficient (Wildman–Crippen LogP) is 3.74. The van der Waals surface area contributed by atoms with Crippen molar-refractivity contribution in [2.75, 3.05) is 10.7 Å². The number of aryl methyl sites for hydroxylation is 3. The molecule has 6 nitrogen and oxygen atoms in total. The zero-order chi connectivity index (χ0) is 19.8. The fourth-order valence-corrected chi connectivity index (χ4v) is 4.36. The molecule has 2 aromatic carbocycles. The van der Waals surface area contributed by atoms with Crippen molar-refractivity contribution in [2.24, 2.45) is 0 Å². The number of fused-ring (bicyclic) bond motifs is 1. The summed E-state index contributed by atoms with van der Waals surface area (Å²) in [5, 5.41) is 11.4. The van der Waals surface area contributed by atoms with E-state index in [0.717, 1.165) is 22.4 Å². The largest absolute Gasteiger partial charge is 0.325 e. The van der Waals surface area contributed by atoms with E-state index >= 15 is 0 Å². The number of rotatable bonds is 3. The molecule has 2 heterocycles. The van der Waals surface area contributed by atoms with Crippen molar-refractivity contribution in [3.8, 4) is 0 Å². The molecule has 2 N–H and O–H groups in total. The van der Waals surface area contributed by atoms with E-state index in [-0.39, 0.29) is 17.8 Å². The van der Waals surface area contributed by atoms with Crippen LogP contribution < -0.4 is 10.7 Å². The summed E-state index contributed by atoms with van der Waals surface area (Å²) in [7, 11) is 0. The molecule has 0 spiro atoms. The Labute approximate surface area is 166 Å². The first-order valence-corrected chi connectivity index (χ1v) is 9.79. The van der Waals surface area contributed by atoms with E-state index in [1.807, 2.05) is 39.0 Å². The van der Waals surface area contributed by atoms with Crippen LogP contribution in [0.5, 0.6) is 0 Å². The highest BCUT2D eigenvalue weighted by molar-refractivity contribution is 8.00. The van der Waals surface area contributed by atoms with E-state index in [2.05, 4.69) is 20.9 Å². The smallest absolute Gasteiger partial charge is 0.240 e. The zero-order valence-corrected chi connectivity index (χ0v) is 16.5. The van der Waals surface area contributed by atoms with Crippen LogP contribution in [0.1, 0.15) is 28.6 Å². The van der Waals surface area contributed by atoms with Gasteiger partial charge in [-0.05, 0) is 50.1 Å². The highest BCUT2D eigenvalue weighted by Crippen LogP contribution is 2.37. The van der Waals surface area contributed by atoms with Gasteiger partial charge in [0.1, 0.15) is 16.9 Å². The molecule has 144 valence electrons. The number of anilines is 1. The Balaban J connectivity index is 1.67. The summed E-state index contributed by atoms with van der Waals surface area (Å²) < 4.78 is 15.2. The van der Waals surface area contributed by atoms with Gasteiger partial charge in [-0.25, -0.2) is 9.07 Å². The van der Waals surface area contributed by atoms with Gasteiger partial charge in [-0.3, -0.25) is 4.79 Å². The van der Waals surface area contributed by atoms with Crippen molar-refractivity contribution in [1.82, 2.24) is 14.9 Å². The van der Waals surface area contributed by atoms with Crippen molar-refractivity contribution in [1.29, 1.82) is 0 Å². The molecule has 0 saturated carbocycles. The number of halogens is 1. The number of carbonyl (C=O) groups excluding carboxylic acids is 1. The van der Waals surface area contributed by atoms with Gasteiger partial charge < -0.3 is 10.7 Å². The molecule has 1 amide bonds. The second-order valence-corrected chi connectivity index (χ2v) is 7.98. The Morgan fingerprint density at radius 1 is 1.14 bits per heavy atom. The fraction of sp³-hybridized carbons (Fsp3) is 0.250. The summed E-state index contributed by atoms with van der Waals surface area (Å²) >= 11 is 1.34. The van der Waals surface area contributed by atoms with Gasteiger partial charge in [0.25, 0.3) is 0 Å². The minimum atomic E-state index is -0.498. The lowest BCUT2D eigenvalue weighted by Crippen LogP contribution is -2.41. The molecule has 0 aliphatic carbocycles. The Hall–Kier alpha value is -2.87. The van der Waals surface area contributed by atoms with Crippen LogP contribution >= 0.6 is 11.8 Å². The molecule has 3 aromatic rings. The number of amides is 1. The summed E-state index contributed by atoms with van der Waals surface area (Å²) in [4.78, 5) is 13.2. The van der Waals surface area contributed by atoms with E-state index in [1.165, 1.54) is 23.9 Å². The summed E-state index contributed by atoms with van der Waals surface area (Å²) in [5.41, 5.74) is 7.03. The standard InChI is InChI=1S/C20H20FN5OS/c1-11-4-9-16(12(2)10-11)22-19(27)18-17(14-5-7-15(21)8-6-14)25-26-13(3)23-24-20(26)28-18/h4-10,17-18,25H,1-3H3,(H,22,27). The summed E-state index contributed by atoms with van der Waals surface area (Å²) in [6.07, 6.45) is 0. The number of thioether (sulfide) groups is 1. The molecular formula is C20H20FN5OS. The summed E-state index contributed by atoms with van der Waals surface area (Å²) in [6.45, 7) is 5.81. The van der Waals surface area contributed by atoms with Gasteiger partial charge in [0, 0.05) is 5.69 Å². The minimum absolute atomic E-state index is 0.148. The van der Waals surface area contributed by atoms with Gasteiger partial charge in [-0.15, -0.1) is 10.2 Å². The van der Waals surface area contributed by atoms with Gasteiger partial charge in [0.15, 0.2) is 0 Å². The van der Waals surface area contributed by atoms with Crippen LogP contribution in [0.15, 0.2) is 47.6 Å². The van der Waals surface area contributed by atoms with Crippen molar-refractivity contribution >= 4 is 23.4 Å². The molecule has 1 aliphatic heterocycles. The first-order valence-electron chi connectivity index (χ1n) is 8.91. The fourth-order valence-electron chi connectivity index (χ4n) is 3.24. The van der Waals surface area contributed by atoms with Crippen LogP contribution in [0, 0.1) is 26.6 Å². The molecule has 2 atom stereocenters.